The number of aromatic nitrogens is 2. The molecule has 0 saturated heterocycles. The molecule has 7 heteroatoms. The fourth-order valence-corrected chi connectivity index (χ4v) is 2.45. The van der Waals surface area contributed by atoms with Crippen molar-refractivity contribution in [3.8, 4) is 0 Å². The molecular formula is C19H16F2N4O. The number of nitrogens with one attached hydrogen (secondary N) is 2. The second-order valence-corrected chi connectivity index (χ2v) is 5.75. The number of nitrogens with zero attached hydrogens (tertiary/aromatic N) is 2. The van der Waals surface area contributed by atoms with Gasteiger partial charge in [-0.15, -0.1) is 10.2 Å². The summed E-state index contributed by atoms with van der Waals surface area (Å²) in [6.45, 7) is 3.79. The summed E-state index contributed by atoms with van der Waals surface area (Å²) in [5.41, 5.74) is 2.34. The predicted octanol–water partition coefficient (Wildman–Crippen LogP) is 4.37. The largest absolute Gasteiger partial charge is 0.334 e. The van der Waals surface area contributed by atoms with E-state index in [1.165, 1.54) is 18.2 Å². The maximum atomic E-state index is 13.6. The zero-order valence-electron chi connectivity index (χ0n) is 14.2. The molecule has 1 amide bonds. The van der Waals surface area contributed by atoms with Gasteiger partial charge in [-0.2, -0.15) is 0 Å². The summed E-state index contributed by atoms with van der Waals surface area (Å²) in [7, 11) is 0. The van der Waals surface area contributed by atoms with Crippen molar-refractivity contribution < 1.29 is 13.6 Å². The third-order valence-corrected chi connectivity index (χ3v) is 3.83. The molecular weight excluding hydrogens is 338 g/mol. The molecule has 2 aromatic carbocycles. The Morgan fingerprint density at radius 1 is 0.846 bits per heavy atom. The fraction of sp³-hybridized carbons (Fsp3) is 0.105. The first-order valence-corrected chi connectivity index (χ1v) is 7.88. The second-order valence-electron chi connectivity index (χ2n) is 5.75. The van der Waals surface area contributed by atoms with Crippen LogP contribution < -0.4 is 10.6 Å². The van der Waals surface area contributed by atoms with Gasteiger partial charge in [0.1, 0.15) is 17.3 Å². The van der Waals surface area contributed by atoms with E-state index in [-0.39, 0.29) is 17.2 Å². The third-order valence-electron chi connectivity index (χ3n) is 3.83. The number of aryl methyl sites for hydroxylation is 2. The molecule has 0 aliphatic rings. The summed E-state index contributed by atoms with van der Waals surface area (Å²) < 4.78 is 27.3. The van der Waals surface area contributed by atoms with Crippen molar-refractivity contribution in [3.05, 3.63) is 77.0 Å². The molecule has 3 rings (SSSR count). The Kier molecular flexibility index (Phi) is 4.88. The molecule has 1 aromatic heterocycles. The highest BCUT2D eigenvalue weighted by atomic mass is 19.1. The first-order chi connectivity index (χ1) is 12.5. The normalized spacial score (nSPS) is 10.5. The van der Waals surface area contributed by atoms with Gasteiger partial charge in [-0.05, 0) is 49.2 Å². The molecule has 0 radical (unpaired) electrons. The van der Waals surface area contributed by atoms with Gasteiger partial charge in [0, 0.05) is 5.69 Å². The van der Waals surface area contributed by atoms with Crippen LogP contribution in [0.2, 0.25) is 0 Å². The summed E-state index contributed by atoms with van der Waals surface area (Å²) in [6.07, 6.45) is 0. The number of benzene rings is 2. The number of anilines is 3. The first kappa shape index (κ1) is 17.5. The highest BCUT2D eigenvalue weighted by Crippen LogP contribution is 2.22. The van der Waals surface area contributed by atoms with Crippen LogP contribution in [0.4, 0.5) is 26.0 Å². The van der Waals surface area contributed by atoms with Crippen LogP contribution in [0, 0.1) is 25.5 Å². The molecule has 0 unspecified atom stereocenters. The molecule has 3 aromatic rings. The van der Waals surface area contributed by atoms with Crippen LogP contribution in [-0.4, -0.2) is 16.1 Å². The molecule has 1 heterocycles. The van der Waals surface area contributed by atoms with Crippen LogP contribution in [0.25, 0.3) is 0 Å². The van der Waals surface area contributed by atoms with Gasteiger partial charge in [-0.25, -0.2) is 8.78 Å². The van der Waals surface area contributed by atoms with Gasteiger partial charge in [0.2, 0.25) is 0 Å². The Morgan fingerprint density at radius 3 is 2.04 bits per heavy atom. The average molecular weight is 354 g/mol. The van der Waals surface area contributed by atoms with E-state index >= 15 is 0 Å². The van der Waals surface area contributed by atoms with Gasteiger partial charge in [-0.3, -0.25) is 4.79 Å². The van der Waals surface area contributed by atoms with Crippen molar-refractivity contribution in [1.29, 1.82) is 0 Å². The van der Waals surface area contributed by atoms with E-state index in [4.69, 9.17) is 0 Å². The highest BCUT2D eigenvalue weighted by Gasteiger charge is 2.13. The summed E-state index contributed by atoms with van der Waals surface area (Å²) in [5, 5.41) is 12.9. The number of para-hydroxylation sites is 2. The second kappa shape index (κ2) is 7.26. The van der Waals surface area contributed by atoms with Crippen LogP contribution >= 0.6 is 0 Å². The van der Waals surface area contributed by atoms with Crippen LogP contribution in [0.15, 0.2) is 48.5 Å². The number of hydrogen-bond donors (Lipinski definition) is 2. The Hall–Kier alpha value is -3.35. The van der Waals surface area contributed by atoms with E-state index in [0.717, 1.165) is 28.9 Å². The molecule has 5 nitrogen and oxygen atoms in total. The minimum atomic E-state index is -0.747. The minimum absolute atomic E-state index is 0.0900. The topological polar surface area (TPSA) is 66.9 Å². The molecule has 0 fully saturated rings. The van der Waals surface area contributed by atoms with Crippen LogP contribution in [-0.2, 0) is 0 Å². The summed E-state index contributed by atoms with van der Waals surface area (Å²) in [5.74, 6) is -1.79. The van der Waals surface area contributed by atoms with Crippen molar-refractivity contribution >= 4 is 23.1 Å². The standard InChI is InChI=1S/C19H16F2N4O/c1-11-5-3-6-12(2)17(11)23-19(26)15-9-10-16(25-24-15)22-18-13(20)7-4-8-14(18)21/h3-10H,1-2H3,(H,22,25)(H,23,26). The zero-order chi connectivity index (χ0) is 18.7. The maximum absolute atomic E-state index is 13.6. The highest BCUT2D eigenvalue weighted by molar-refractivity contribution is 6.03. The van der Waals surface area contributed by atoms with E-state index in [2.05, 4.69) is 20.8 Å². The van der Waals surface area contributed by atoms with Crippen LogP contribution in [0.5, 0.6) is 0 Å². The van der Waals surface area contributed by atoms with E-state index in [0.29, 0.717) is 0 Å². The Morgan fingerprint density at radius 2 is 1.46 bits per heavy atom. The molecule has 26 heavy (non-hydrogen) atoms. The molecule has 0 spiro atoms. The Bertz CT molecular complexity index is 918. The van der Waals surface area contributed by atoms with E-state index < -0.39 is 17.5 Å². The fourth-order valence-electron chi connectivity index (χ4n) is 2.45. The van der Waals surface area contributed by atoms with E-state index in [1.54, 1.807) is 0 Å². The Labute approximate surface area is 149 Å². The SMILES string of the molecule is Cc1cccc(C)c1NC(=O)c1ccc(Nc2c(F)cccc2F)nn1. The van der Waals surface area contributed by atoms with Crippen molar-refractivity contribution in [3.63, 3.8) is 0 Å². The van der Waals surface area contributed by atoms with Gasteiger partial charge in [0.15, 0.2) is 11.5 Å². The molecule has 0 atom stereocenters. The number of halogens is 2. The Balaban J connectivity index is 1.76. The smallest absolute Gasteiger partial charge is 0.276 e. The number of rotatable bonds is 4. The van der Waals surface area contributed by atoms with Gasteiger partial charge in [0.05, 0.1) is 0 Å². The molecule has 0 saturated carbocycles. The minimum Gasteiger partial charge on any atom is -0.334 e. The number of amides is 1. The predicted molar refractivity (Wildman–Crippen MR) is 95.5 cm³/mol. The maximum Gasteiger partial charge on any atom is 0.276 e. The quantitative estimate of drug-likeness (QED) is 0.730. The number of carbonyl (C=O) groups is 1. The van der Waals surface area contributed by atoms with Crippen molar-refractivity contribution in [2.24, 2.45) is 0 Å². The number of carbonyl (C=O) groups excluding carboxylic acids is 1. The third kappa shape index (κ3) is 3.66. The monoisotopic (exact) mass is 354 g/mol. The van der Waals surface area contributed by atoms with Crippen molar-refractivity contribution in [2.45, 2.75) is 13.8 Å². The van der Waals surface area contributed by atoms with Crippen molar-refractivity contribution in [1.82, 2.24) is 10.2 Å². The molecule has 0 aliphatic carbocycles. The van der Waals surface area contributed by atoms with E-state index in [1.807, 2.05) is 32.0 Å². The van der Waals surface area contributed by atoms with Gasteiger partial charge >= 0.3 is 0 Å². The molecule has 0 aliphatic heterocycles. The summed E-state index contributed by atoms with van der Waals surface area (Å²) >= 11 is 0. The molecule has 2 N–H and O–H groups in total. The summed E-state index contributed by atoms with van der Waals surface area (Å²) in [4.78, 5) is 12.3. The lowest BCUT2D eigenvalue weighted by Crippen LogP contribution is -2.16. The van der Waals surface area contributed by atoms with Gasteiger partial charge in [0.25, 0.3) is 5.91 Å². The average Bonchev–Trinajstić information content (AvgIpc) is 2.62. The van der Waals surface area contributed by atoms with Gasteiger partial charge in [-0.1, -0.05) is 24.3 Å². The zero-order valence-corrected chi connectivity index (χ0v) is 14.2. The number of hydrogen-bond acceptors (Lipinski definition) is 4. The first-order valence-electron chi connectivity index (χ1n) is 7.88. The molecule has 132 valence electrons. The van der Waals surface area contributed by atoms with E-state index in [9.17, 15) is 13.6 Å². The molecule has 0 bridgehead atoms. The van der Waals surface area contributed by atoms with Crippen LogP contribution in [0.3, 0.4) is 0 Å². The van der Waals surface area contributed by atoms with Crippen LogP contribution in [0.1, 0.15) is 21.6 Å². The van der Waals surface area contributed by atoms with Crippen molar-refractivity contribution in [2.75, 3.05) is 10.6 Å². The van der Waals surface area contributed by atoms with Gasteiger partial charge < -0.3 is 10.6 Å². The summed E-state index contributed by atoms with van der Waals surface area (Å²) in [6, 6.07) is 12.1. The lowest BCUT2D eigenvalue weighted by atomic mass is 10.1. The lowest BCUT2D eigenvalue weighted by Gasteiger charge is -2.11. The lowest BCUT2D eigenvalue weighted by molar-refractivity contribution is 0.102.